The van der Waals surface area contributed by atoms with Gasteiger partial charge in [-0.15, -0.1) is 0 Å². The van der Waals surface area contributed by atoms with Gasteiger partial charge in [0.15, 0.2) is 0 Å². The van der Waals surface area contributed by atoms with Crippen molar-refractivity contribution in [2.75, 3.05) is 19.3 Å². The van der Waals surface area contributed by atoms with Gasteiger partial charge in [0, 0.05) is 19.2 Å². The van der Waals surface area contributed by atoms with Crippen molar-refractivity contribution >= 4 is 33.2 Å². The lowest BCUT2D eigenvalue weighted by Crippen LogP contribution is -2.29. The molecular weight excluding hydrogens is 324 g/mol. The van der Waals surface area contributed by atoms with E-state index in [0.717, 1.165) is 18.5 Å². The predicted octanol–water partition coefficient (Wildman–Crippen LogP) is 0.312. The maximum absolute atomic E-state index is 11.8. The van der Waals surface area contributed by atoms with E-state index in [1.807, 2.05) is 0 Å². The van der Waals surface area contributed by atoms with Crippen LogP contribution in [0.1, 0.15) is 16.8 Å². The summed E-state index contributed by atoms with van der Waals surface area (Å²) in [6.45, 7) is 0.348. The number of pyridine rings is 1. The highest BCUT2D eigenvalue weighted by atomic mass is 35.5. The van der Waals surface area contributed by atoms with Crippen LogP contribution >= 0.6 is 11.6 Å². The minimum Gasteiger partial charge on any atom is -0.352 e. The normalized spacial score (nSPS) is 11.1. The molecule has 0 aliphatic carbocycles. The van der Waals surface area contributed by atoms with Gasteiger partial charge in [-0.2, -0.15) is 0 Å². The molecule has 1 amide bonds. The van der Waals surface area contributed by atoms with E-state index >= 15 is 0 Å². The third-order valence-electron chi connectivity index (χ3n) is 2.28. The first kappa shape index (κ1) is 17.3. The number of carbonyl (C=O) groups is 1. The second kappa shape index (κ2) is 7.29. The lowest BCUT2D eigenvalue weighted by molar-refractivity contribution is -0.385. The molecular formula is C10H13ClN4O5S. The molecule has 1 heterocycles. The Kier molecular flexibility index (Phi) is 6.00. The summed E-state index contributed by atoms with van der Waals surface area (Å²) in [7, 11) is -3.27. The lowest BCUT2D eigenvalue weighted by atomic mass is 10.2. The van der Waals surface area contributed by atoms with E-state index in [-0.39, 0.29) is 29.5 Å². The Morgan fingerprint density at radius 2 is 2.14 bits per heavy atom. The first-order chi connectivity index (χ1) is 9.70. The van der Waals surface area contributed by atoms with Crippen molar-refractivity contribution in [1.29, 1.82) is 0 Å². The van der Waals surface area contributed by atoms with Crippen LogP contribution in [0.15, 0.2) is 12.3 Å². The maximum Gasteiger partial charge on any atom is 0.288 e. The van der Waals surface area contributed by atoms with Gasteiger partial charge in [-0.3, -0.25) is 14.9 Å². The van der Waals surface area contributed by atoms with Crippen LogP contribution in [0.4, 0.5) is 5.69 Å². The summed E-state index contributed by atoms with van der Waals surface area (Å²) in [5.74, 6) is -0.615. The molecule has 0 saturated heterocycles. The van der Waals surface area contributed by atoms with Gasteiger partial charge >= 0.3 is 0 Å². The molecule has 21 heavy (non-hydrogen) atoms. The molecule has 9 nitrogen and oxygen atoms in total. The van der Waals surface area contributed by atoms with Crippen LogP contribution in [0.3, 0.4) is 0 Å². The van der Waals surface area contributed by atoms with E-state index in [9.17, 15) is 23.3 Å². The SMILES string of the molecule is CS(=O)(=O)NCCCNC(=O)c1cc([N+](=O)[O-])cnc1Cl. The third kappa shape index (κ3) is 6.02. The molecule has 0 aromatic carbocycles. The molecule has 2 N–H and O–H groups in total. The number of aromatic nitrogens is 1. The van der Waals surface area contributed by atoms with Crippen LogP contribution in [0.5, 0.6) is 0 Å². The lowest BCUT2D eigenvalue weighted by Gasteiger charge is -2.06. The number of sulfonamides is 1. The Labute approximate surface area is 125 Å². The average molecular weight is 337 g/mol. The van der Waals surface area contributed by atoms with Crippen LogP contribution in [0.2, 0.25) is 5.15 Å². The van der Waals surface area contributed by atoms with E-state index in [2.05, 4.69) is 15.0 Å². The van der Waals surface area contributed by atoms with Gasteiger partial charge in [-0.25, -0.2) is 18.1 Å². The molecule has 0 radical (unpaired) electrons. The number of nitrogens with zero attached hydrogens (tertiary/aromatic N) is 2. The van der Waals surface area contributed by atoms with Gasteiger partial charge in [-0.1, -0.05) is 11.6 Å². The van der Waals surface area contributed by atoms with Crippen molar-refractivity contribution in [3.8, 4) is 0 Å². The highest BCUT2D eigenvalue weighted by molar-refractivity contribution is 7.88. The van der Waals surface area contributed by atoms with Crippen LogP contribution in [-0.4, -0.2) is 43.6 Å². The quantitative estimate of drug-likeness (QED) is 0.319. The van der Waals surface area contributed by atoms with Gasteiger partial charge in [0.25, 0.3) is 11.6 Å². The highest BCUT2D eigenvalue weighted by Gasteiger charge is 2.16. The van der Waals surface area contributed by atoms with E-state index in [4.69, 9.17) is 11.6 Å². The summed E-state index contributed by atoms with van der Waals surface area (Å²) in [5.41, 5.74) is -0.453. The second-order valence-electron chi connectivity index (χ2n) is 4.06. The Hall–Kier alpha value is -1.78. The number of halogens is 1. The van der Waals surface area contributed by atoms with Crippen molar-refractivity contribution in [2.24, 2.45) is 0 Å². The monoisotopic (exact) mass is 336 g/mol. The van der Waals surface area contributed by atoms with Crippen LogP contribution in [0, 0.1) is 10.1 Å². The third-order valence-corrected chi connectivity index (χ3v) is 3.31. The van der Waals surface area contributed by atoms with E-state index in [0.29, 0.717) is 6.42 Å². The molecule has 0 saturated carbocycles. The molecule has 0 bridgehead atoms. The van der Waals surface area contributed by atoms with Crippen molar-refractivity contribution in [2.45, 2.75) is 6.42 Å². The van der Waals surface area contributed by atoms with Crippen molar-refractivity contribution in [1.82, 2.24) is 15.0 Å². The maximum atomic E-state index is 11.8. The van der Waals surface area contributed by atoms with Gasteiger partial charge in [0.1, 0.15) is 11.3 Å². The molecule has 0 unspecified atom stereocenters. The number of carbonyl (C=O) groups excluding carboxylic acids is 1. The van der Waals surface area contributed by atoms with Gasteiger partial charge < -0.3 is 5.32 Å². The average Bonchev–Trinajstić information content (AvgIpc) is 2.36. The highest BCUT2D eigenvalue weighted by Crippen LogP contribution is 2.18. The molecule has 0 aliphatic heterocycles. The first-order valence-electron chi connectivity index (χ1n) is 5.73. The van der Waals surface area contributed by atoms with E-state index in [1.54, 1.807) is 0 Å². The predicted molar refractivity (Wildman–Crippen MR) is 75.7 cm³/mol. The summed E-state index contributed by atoms with van der Waals surface area (Å²) in [6, 6.07) is 1.03. The number of hydrogen-bond donors (Lipinski definition) is 2. The van der Waals surface area contributed by atoms with Gasteiger partial charge in [0.2, 0.25) is 10.0 Å². The number of rotatable bonds is 7. The minimum absolute atomic E-state index is 0.109. The Morgan fingerprint density at radius 1 is 1.48 bits per heavy atom. The number of nitro groups is 1. The molecule has 0 fully saturated rings. The summed E-state index contributed by atoms with van der Waals surface area (Å²) in [5, 5.41) is 12.9. The largest absolute Gasteiger partial charge is 0.352 e. The summed E-state index contributed by atoms with van der Waals surface area (Å²) in [6.07, 6.45) is 2.34. The van der Waals surface area contributed by atoms with Gasteiger partial charge in [-0.05, 0) is 6.42 Å². The zero-order valence-electron chi connectivity index (χ0n) is 11.0. The Morgan fingerprint density at radius 3 is 2.71 bits per heavy atom. The topological polar surface area (TPSA) is 131 Å². The Bertz CT molecular complexity index is 649. The smallest absolute Gasteiger partial charge is 0.288 e. The Balaban J connectivity index is 2.56. The zero-order valence-corrected chi connectivity index (χ0v) is 12.6. The van der Waals surface area contributed by atoms with E-state index < -0.39 is 20.9 Å². The van der Waals surface area contributed by atoms with Crippen molar-refractivity contribution < 1.29 is 18.1 Å². The molecule has 116 valence electrons. The molecule has 1 aromatic heterocycles. The van der Waals surface area contributed by atoms with Crippen LogP contribution in [0.25, 0.3) is 0 Å². The standard InChI is InChI=1S/C10H13ClN4O5S/c1-21(19,20)14-4-2-3-12-10(16)8-5-7(15(17)18)6-13-9(8)11/h5-6,14H,2-4H2,1H3,(H,12,16). The molecule has 1 rings (SSSR count). The van der Waals surface area contributed by atoms with Crippen LogP contribution < -0.4 is 10.0 Å². The fourth-order valence-corrected chi connectivity index (χ4v) is 2.04. The first-order valence-corrected chi connectivity index (χ1v) is 8.00. The molecule has 0 spiro atoms. The fourth-order valence-electron chi connectivity index (χ4n) is 1.34. The number of amides is 1. The van der Waals surface area contributed by atoms with Gasteiger partial charge in [0.05, 0.1) is 16.7 Å². The second-order valence-corrected chi connectivity index (χ2v) is 6.26. The molecule has 0 aliphatic rings. The summed E-state index contributed by atoms with van der Waals surface area (Å²) >= 11 is 5.71. The number of hydrogen-bond acceptors (Lipinski definition) is 6. The number of nitrogens with one attached hydrogen (secondary N) is 2. The minimum atomic E-state index is -3.27. The van der Waals surface area contributed by atoms with Crippen LogP contribution in [-0.2, 0) is 10.0 Å². The summed E-state index contributed by atoms with van der Waals surface area (Å²) in [4.78, 5) is 25.3. The molecule has 1 aromatic rings. The molecule has 11 heteroatoms. The summed E-state index contributed by atoms with van der Waals surface area (Å²) < 4.78 is 23.9. The molecule has 0 atom stereocenters. The van der Waals surface area contributed by atoms with Crippen molar-refractivity contribution in [3.05, 3.63) is 33.1 Å². The van der Waals surface area contributed by atoms with Crippen molar-refractivity contribution in [3.63, 3.8) is 0 Å². The van der Waals surface area contributed by atoms with E-state index in [1.165, 1.54) is 0 Å². The fraction of sp³-hybridized carbons (Fsp3) is 0.400. The zero-order chi connectivity index (χ0) is 16.0.